The van der Waals surface area contributed by atoms with E-state index in [2.05, 4.69) is 0 Å². The molecule has 0 unspecified atom stereocenters. The van der Waals surface area contributed by atoms with Crippen LogP contribution >= 0.6 is 21.6 Å². The molecule has 108 valence electrons. The highest BCUT2D eigenvalue weighted by Crippen LogP contribution is 2.38. The predicted octanol–water partition coefficient (Wildman–Crippen LogP) is 3.67. The SMILES string of the molecule is Nc1ccc(SSc2ccc([N+](=O)[O-])cc2)cc1C(=O)O. The van der Waals surface area contributed by atoms with Gasteiger partial charge in [0.25, 0.3) is 5.69 Å². The Labute approximate surface area is 127 Å². The number of rotatable bonds is 5. The molecule has 0 bridgehead atoms. The standard InChI is InChI=1S/C13H10N2O4S2/c14-12-6-5-10(7-11(12)13(16)17)21-20-9-3-1-8(2-4-9)15(18)19/h1-7H,14H2,(H,16,17). The minimum absolute atomic E-state index is 0.0324. The molecule has 21 heavy (non-hydrogen) atoms. The van der Waals surface area contributed by atoms with Crippen LogP contribution in [-0.4, -0.2) is 16.0 Å². The van der Waals surface area contributed by atoms with E-state index in [1.54, 1.807) is 24.3 Å². The van der Waals surface area contributed by atoms with Crippen molar-refractivity contribution in [2.45, 2.75) is 9.79 Å². The summed E-state index contributed by atoms with van der Waals surface area (Å²) >= 11 is 0. The summed E-state index contributed by atoms with van der Waals surface area (Å²) in [6.07, 6.45) is 0. The zero-order chi connectivity index (χ0) is 15.4. The van der Waals surface area contributed by atoms with Gasteiger partial charge < -0.3 is 10.8 Å². The van der Waals surface area contributed by atoms with E-state index < -0.39 is 10.9 Å². The Hall–Kier alpha value is -2.19. The lowest BCUT2D eigenvalue weighted by Gasteiger charge is -2.05. The Morgan fingerprint density at radius 3 is 2.24 bits per heavy atom. The molecule has 0 fully saturated rings. The van der Waals surface area contributed by atoms with Crippen LogP contribution in [0.1, 0.15) is 10.4 Å². The van der Waals surface area contributed by atoms with Crippen LogP contribution in [0.4, 0.5) is 11.4 Å². The number of hydrogen-bond donors (Lipinski definition) is 2. The maximum Gasteiger partial charge on any atom is 0.337 e. The van der Waals surface area contributed by atoms with Gasteiger partial charge in [-0.15, -0.1) is 0 Å². The Morgan fingerprint density at radius 2 is 1.67 bits per heavy atom. The second-order valence-corrected chi connectivity index (χ2v) is 6.25. The van der Waals surface area contributed by atoms with Crippen molar-refractivity contribution in [2.75, 3.05) is 5.73 Å². The molecule has 6 nitrogen and oxygen atoms in total. The van der Waals surface area contributed by atoms with Crippen LogP contribution in [0.5, 0.6) is 0 Å². The summed E-state index contributed by atoms with van der Waals surface area (Å²) in [5.74, 6) is -1.07. The molecule has 3 N–H and O–H groups in total. The topological polar surface area (TPSA) is 106 Å². The number of aromatic carboxylic acids is 1. The minimum Gasteiger partial charge on any atom is -0.478 e. The van der Waals surface area contributed by atoms with Crippen LogP contribution in [-0.2, 0) is 0 Å². The van der Waals surface area contributed by atoms with Crippen molar-refractivity contribution < 1.29 is 14.8 Å². The molecule has 0 spiro atoms. The monoisotopic (exact) mass is 322 g/mol. The summed E-state index contributed by atoms with van der Waals surface area (Å²) in [4.78, 5) is 22.7. The van der Waals surface area contributed by atoms with E-state index in [1.807, 2.05) is 0 Å². The molecule has 0 aliphatic carbocycles. The molecule has 2 aromatic carbocycles. The predicted molar refractivity (Wildman–Crippen MR) is 82.6 cm³/mol. The molecule has 0 aliphatic rings. The number of non-ortho nitro benzene ring substituents is 1. The average Bonchev–Trinajstić information content (AvgIpc) is 2.46. The molecular formula is C13H10N2O4S2. The molecule has 2 rings (SSSR count). The number of carbonyl (C=O) groups is 1. The third kappa shape index (κ3) is 3.89. The van der Waals surface area contributed by atoms with Crippen molar-refractivity contribution in [2.24, 2.45) is 0 Å². The Morgan fingerprint density at radius 1 is 1.10 bits per heavy atom. The van der Waals surface area contributed by atoms with Gasteiger partial charge in [-0.2, -0.15) is 0 Å². The molecule has 0 atom stereocenters. The summed E-state index contributed by atoms with van der Waals surface area (Å²) in [5, 5.41) is 19.5. The number of anilines is 1. The largest absolute Gasteiger partial charge is 0.478 e. The number of carboxylic acid groups (broad SMARTS) is 1. The first-order valence-electron chi connectivity index (χ1n) is 5.69. The van der Waals surface area contributed by atoms with Gasteiger partial charge in [0.05, 0.1) is 10.5 Å². The number of carboxylic acids is 1. The first kappa shape index (κ1) is 15.2. The Bertz CT molecular complexity index is 689. The second kappa shape index (κ2) is 6.51. The fourth-order valence-corrected chi connectivity index (χ4v) is 3.44. The number of nitrogens with two attached hydrogens (primary N) is 1. The fourth-order valence-electron chi connectivity index (χ4n) is 1.49. The van der Waals surface area contributed by atoms with Gasteiger partial charge in [0, 0.05) is 27.6 Å². The van der Waals surface area contributed by atoms with E-state index in [4.69, 9.17) is 10.8 Å². The van der Waals surface area contributed by atoms with Crippen molar-refractivity contribution in [3.8, 4) is 0 Å². The minimum atomic E-state index is -1.07. The molecule has 0 saturated heterocycles. The molecule has 0 amide bonds. The van der Waals surface area contributed by atoms with Crippen molar-refractivity contribution in [1.82, 2.24) is 0 Å². The van der Waals surface area contributed by atoms with E-state index in [-0.39, 0.29) is 16.9 Å². The summed E-state index contributed by atoms with van der Waals surface area (Å²) in [7, 11) is 2.74. The first-order valence-corrected chi connectivity index (χ1v) is 7.84. The molecular weight excluding hydrogens is 312 g/mol. The number of nitro benzene ring substituents is 1. The molecule has 2 aromatic rings. The Kier molecular flexibility index (Phi) is 4.71. The van der Waals surface area contributed by atoms with E-state index in [1.165, 1.54) is 39.8 Å². The van der Waals surface area contributed by atoms with E-state index in [0.29, 0.717) is 0 Å². The highest BCUT2D eigenvalue weighted by Gasteiger charge is 2.10. The lowest BCUT2D eigenvalue weighted by atomic mass is 10.2. The first-order chi connectivity index (χ1) is 9.97. The average molecular weight is 322 g/mol. The van der Waals surface area contributed by atoms with Crippen LogP contribution in [0.2, 0.25) is 0 Å². The Balaban J connectivity index is 2.07. The number of nitro groups is 1. The third-order valence-electron chi connectivity index (χ3n) is 2.54. The zero-order valence-electron chi connectivity index (χ0n) is 10.6. The number of nitrogens with zero attached hydrogens (tertiary/aromatic N) is 1. The van der Waals surface area contributed by atoms with Gasteiger partial charge in [0.1, 0.15) is 0 Å². The third-order valence-corrected chi connectivity index (χ3v) is 4.94. The summed E-state index contributed by atoms with van der Waals surface area (Å²) < 4.78 is 0. The van der Waals surface area contributed by atoms with Gasteiger partial charge in [0.2, 0.25) is 0 Å². The molecule has 0 aliphatic heterocycles. The van der Waals surface area contributed by atoms with Crippen molar-refractivity contribution in [3.05, 3.63) is 58.1 Å². The highest BCUT2D eigenvalue weighted by molar-refractivity contribution is 8.76. The highest BCUT2D eigenvalue weighted by atomic mass is 33.1. The fraction of sp³-hybridized carbons (Fsp3) is 0. The number of benzene rings is 2. The maximum absolute atomic E-state index is 11.0. The van der Waals surface area contributed by atoms with Crippen LogP contribution in [0.15, 0.2) is 52.3 Å². The van der Waals surface area contributed by atoms with E-state index in [9.17, 15) is 14.9 Å². The van der Waals surface area contributed by atoms with Gasteiger partial charge in [-0.05, 0) is 30.3 Å². The van der Waals surface area contributed by atoms with Gasteiger partial charge in [-0.1, -0.05) is 21.6 Å². The number of hydrogen-bond acceptors (Lipinski definition) is 6. The number of nitrogen functional groups attached to an aromatic ring is 1. The smallest absolute Gasteiger partial charge is 0.337 e. The van der Waals surface area contributed by atoms with Crippen molar-refractivity contribution in [3.63, 3.8) is 0 Å². The van der Waals surface area contributed by atoms with Gasteiger partial charge in [-0.3, -0.25) is 10.1 Å². The molecule has 0 radical (unpaired) electrons. The second-order valence-electron chi connectivity index (χ2n) is 3.97. The normalized spacial score (nSPS) is 10.3. The van der Waals surface area contributed by atoms with E-state index >= 15 is 0 Å². The molecule has 0 aromatic heterocycles. The molecule has 0 saturated carbocycles. The van der Waals surface area contributed by atoms with Crippen molar-refractivity contribution in [1.29, 1.82) is 0 Å². The van der Waals surface area contributed by atoms with Crippen LogP contribution in [0, 0.1) is 10.1 Å². The lowest BCUT2D eigenvalue weighted by molar-refractivity contribution is -0.384. The van der Waals surface area contributed by atoms with Crippen LogP contribution in [0.3, 0.4) is 0 Å². The summed E-state index contributed by atoms with van der Waals surface area (Å²) in [6, 6.07) is 10.9. The van der Waals surface area contributed by atoms with Crippen LogP contribution in [0.25, 0.3) is 0 Å². The van der Waals surface area contributed by atoms with Gasteiger partial charge in [0.15, 0.2) is 0 Å². The quantitative estimate of drug-likeness (QED) is 0.374. The van der Waals surface area contributed by atoms with Gasteiger partial charge >= 0.3 is 5.97 Å². The zero-order valence-corrected chi connectivity index (χ0v) is 12.2. The van der Waals surface area contributed by atoms with E-state index in [0.717, 1.165) is 9.79 Å². The molecule has 0 heterocycles. The molecule has 8 heteroatoms. The van der Waals surface area contributed by atoms with Crippen molar-refractivity contribution >= 4 is 38.9 Å². The lowest BCUT2D eigenvalue weighted by Crippen LogP contribution is -2.01. The van der Waals surface area contributed by atoms with Gasteiger partial charge in [-0.25, -0.2) is 4.79 Å². The summed E-state index contributed by atoms with van der Waals surface area (Å²) in [5.41, 5.74) is 5.89. The van der Waals surface area contributed by atoms with Crippen LogP contribution < -0.4 is 5.73 Å². The maximum atomic E-state index is 11.0. The summed E-state index contributed by atoms with van der Waals surface area (Å²) in [6.45, 7) is 0.